The fourth-order valence-electron chi connectivity index (χ4n) is 4.47. The van der Waals surface area contributed by atoms with Gasteiger partial charge < -0.3 is 24.4 Å². The second-order valence-corrected chi connectivity index (χ2v) is 8.21. The number of benzene rings is 3. The van der Waals surface area contributed by atoms with Crippen LogP contribution in [0.2, 0.25) is 0 Å². The summed E-state index contributed by atoms with van der Waals surface area (Å²) in [5.41, 5.74) is 3.88. The van der Waals surface area contributed by atoms with Crippen molar-refractivity contribution in [1.82, 2.24) is 0 Å². The number of methoxy groups -OCH3 is 3. The molecule has 1 aliphatic heterocycles. The van der Waals surface area contributed by atoms with Crippen molar-refractivity contribution in [3.05, 3.63) is 83.9 Å². The van der Waals surface area contributed by atoms with Crippen LogP contribution in [0.4, 0.5) is 11.4 Å². The predicted molar refractivity (Wildman–Crippen MR) is 136 cm³/mol. The highest BCUT2D eigenvalue weighted by molar-refractivity contribution is 6.05. The summed E-state index contributed by atoms with van der Waals surface area (Å²) in [6.07, 6.45) is 4.17. The SMILES string of the molecule is COc1cc(/C=C/C(=O)N2c3ccccc3[C@@H](Nc3ccccc3)C[C@H]2C)cc(OC)c1OC. The number of rotatable bonds is 7. The van der Waals surface area contributed by atoms with Crippen molar-refractivity contribution in [2.75, 3.05) is 31.5 Å². The van der Waals surface area contributed by atoms with Gasteiger partial charge in [0.15, 0.2) is 11.5 Å². The summed E-state index contributed by atoms with van der Waals surface area (Å²) in [4.78, 5) is 15.2. The van der Waals surface area contributed by atoms with Gasteiger partial charge in [-0.3, -0.25) is 4.79 Å². The van der Waals surface area contributed by atoms with Crippen LogP contribution in [0, 0.1) is 0 Å². The van der Waals surface area contributed by atoms with Crippen molar-refractivity contribution in [2.45, 2.75) is 25.4 Å². The minimum absolute atomic E-state index is 0.0215. The Hall–Kier alpha value is -3.93. The van der Waals surface area contributed by atoms with Gasteiger partial charge in [0.25, 0.3) is 5.91 Å². The zero-order chi connectivity index (χ0) is 24.1. The number of hydrogen-bond donors (Lipinski definition) is 1. The molecule has 0 radical (unpaired) electrons. The Bertz CT molecular complexity index is 1150. The molecule has 1 amide bonds. The van der Waals surface area contributed by atoms with Crippen LogP contribution in [0.5, 0.6) is 17.2 Å². The minimum Gasteiger partial charge on any atom is -0.493 e. The molecule has 0 saturated carbocycles. The van der Waals surface area contributed by atoms with Crippen molar-refractivity contribution in [3.63, 3.8) is 0 Å². The molecule has 6 nitrogen and oxygen atoms in total. The summed E-state index contributed by atoms with van der Waals surface area (Å²) in [5.74, 6) is 1.52. The Morgan fingerprint density at radius 2 is 1.59 bits per heavy atom. The fourth-order valence-corrected chi connectivity index (χ4v) is 4.47. The number of amides is 1. The van der Waals surface area contributed by atoms with Crippen LogP contribution in [0.25, 0.3) is 6.08 Å². The predicted octanol–water partition coefficient (Wildman–Crippen LogP) is 5.70. The van der Waals surface area contributed by atoms with Gasteiger partial charge in [0.05, 0.1) is 27.4 Å². The van der Waals surface area contributed by atoms with Crippen molar-refractivity contribution < 1.29 is 19.0 Å². The fraction of sp³-hybridized carbons (Fsp3) is 0.250. The van der Waals surface area contributed by atoms with E-state index in [1.807, 2.05) is 53.4 Å². The molecule has 3 aromatic rings. The number of nitrogens with one attached hydrogen (secondary N) is 1. The van der Waals surface area contributed by atoms with E-state index in [4.69, 9.17) is 14.2 Å². The number of fused-ring (bicyclic) bond motifs is 1. The maximum atomic E-state index is 13.4. The van der Waals surface area contributed by atoms with Gasteiger partial charge in [-0.05, 0) is 60.9 Å². The van der Waals surface area contributed by atoms with Crippen LogP contribution < -0.4 is 24.4 Å². The van der Waals surface area contributed by atoms with Gasteiger partial charge in [-0.2, -0.15) is 0 Å². The Kier molecular flexibility index (Phi) is 7.07. The van der Waals surface area contributed by atoms with E-state index >= 15 is 0 Å². The molecule has 0 bridgehead atoms. The molecule has 1 N–H and O–H groups in total. The largest absolute Gasteiger partial charge is 0.493 e. The number of anilines is 2. The lowest BCUT2D eigenvalue weighted by Gasteiger charge is -2.39. The van der Waals surface area contributed by atoms with E-state index in [0.717, 1.165) is 28.9 Å². The maximum absolute atomic E-state index is 13.4. The molecule has 0 spiro atoms. The van der Waals surface area contributed by atoms with Crippen LogP contribution in [0.1, 0.15) is 30.5 Å². The number of nitrogens with zero attached hydrogens (tertiary/aromatic N) is 1. The van der Waals surface area contributed by atoms with Crippen LogP contribution in [-0.4, -0.2) is 33.3 Å². The Morgan fingerprint density at radius 3 is 2.24 bits per heavy atom. The molecule has 0 saturated heterocycles. The number of hydrogen-bond acceptors (Lipinski definition) is 5. The number of carbonyl (C=O) groups excluding carboxylic acids is 1. The Morgan fingerprint density at radius 1 is 0.941 bits per heavy atom. The summed E-state index contributed by atoms with van der Waals surface area (Å²) in [7, 11) is 4.71. The summed E-state index contributed by atoms with van der Waals surface area (Å²) in [6, 6.07) is 22.0. The smallest absolute Gasteiger partial charge is 0.251 e. The molecule has 176 valence electrons. The van der Waals surface area contributed by atoms with Gasteiger partial charge in [0.2, 0.25) is 5.75 Å². The summed E-state index contributed by atoms with van der Waals surface area (Å²) in [5, 5.41) is 3.63. The van der Waals surface area contributed by atoms with Crippen molar-refractivity contribution in [2.24, 2.45) is 0 Å². The molecular formula is C28H30N2O4. The second-order valence-electron chi connectivity index (χ2n) is 8.21. The lowest BCUT2D eigenvalue weighted by Crippen LogP contribution is -2.43. The monoisotopic (exact) mass is 458 g/mol. The molecule has 6 heteroatoms. The van der Waals surface area contributed by atoms with Gasteiger partial charge in [-0.1, -0.05) is 36.4 Å². The van der Waals surface area contributed by atoms with E-state index in [9.17, 15) is 4.79 Å². The van der Waals surface area contributed by atoms with Crippen molar-refractivity contribution >= 4 is 23.4 Å². The van der Waals surface area contributed by atoms with E-state index in [1.165, 1.54) is 0 Å². The summed E-state index contributed by atoms with van der Waals surface area (Å²) in [6.45, 7) is 2.08. The number of carbonyl (C=O) groups is 1. The van der Waals surface area contributed by atoms with Gasteiger partial charge in [-0.25, -0.2) is 0 Å². The van der Waals surface area contributed by atoms with Crippen LogP contribution >= 0.6 is 0 Å². The highest BCUT2D eigenvalue weighted by atomic mass is 16.5. The summed E-state index contributed by atoms with van der Waals surface area (Å²) < 4.78 is 16.2. The van der Waals surface area contributed by atoms with E-state index in [0.29, 0.717) is 17.2 Å². The minimum atomic E-state index is -0.0770. The van der Waals surface area contributed by atoms with Crippen LogP contribution in [-0.2, 0) is 4.79 Å². The first kappa shape index (κ1) is 23.2. The number of ether oxygens (including phenoxy) is 3. The van der Waals surface area contributed by atoms with E-state index in [1.54, 1.807) is 33.5 Å². The average Bonchev–Trinajstić information content (AvgIpc) is 2.87. The molecule has 3 aromatic carbocycles. The van der Waals surface area contributed by atoms with Gasteiger partial charge in [0, 0.05) is 23.5 Å². The molecule has 0 fully saturated rings. The molecule has 1 aliphatic rings. The molecular weight excluding hydrogens is 428 g/mol. The molecule has 2 atom stereocenters. The second kappa shape index (κ2) is 10.3. The standard InChI is InChI=1S/C28H30N2O4/c1-19-16-23(29-21-10-6-5-7-11-21)22-12-8-9-13-24(22)30(19)27(31)15-14-20-17-25(32-2)28(34-4)26(18-20)33-3/h5-15,17-19,23,29H,16H2,1-4H3/b15-14+/t19-,23+/m1/s1. The molecule has 4 rings (SSSR count). The molecule has 34 heavy (non-hydrogen) atoms. The lowest BCUT2D eigenvalue weighted by atomic mass is 9.91. The van der Waals surface area contributed by atoms with Crippen LogP contribution in [0.3, 0.4) is 0 Å². The van der Waals surface area contributed by atoms with Crippen molar-refractivity contribution in [3.8, 4) is 17.2 Å². The Labute approximate surface area is 200 Å². The van der Waals surface area contributed by atoms with Crippen LogP contribution in [0.15, 0.2) is 72.8 Å². The first-order valence-corrected chi connectivity index (χ1v) is 11.3. The molecule has 0 aromatic heterocycles. The quantitative estimate of drug-likeness (QED) is 0.460. The molecule has 1 heterocycles. The van der Waals surface area contributed by atoms with E-state index in [2.05, 4.69) is 30.4 Å². The summed E-state index contributed by atoms with van der Waals surface area (Å²) >= 11 is 0. The lowest BCUT2D eigenvalue weighted by molar-refractivity contribution is -0.114. The van der Waals surface area contributed by atoms with E-state index < -0.39 is 0 Å². The first-order chi connectivity index (χ1) is 16.5. The average molecular weight is 459 g/mol. The van der Waals surface area contributed by atoms with Gasteiger partial charge in [-0.15, -0.1) is 0 Å². The Balaban J connectivity index is 1.60. The third kappa shape index (κ3) is 4.71. The molecule has 0 aliphatic carbocycles. The highest BCUT2D eigenvalue weighted by Gasteiger charge is 2.32. The third-order valence-corrected chi connectivity index (χ3v) is 6.05. The topological polar surface area (TPSA) is 60.0 Å². The van der Waals surface area contributed by atoms with E-state index in [-0.39, 0.29) is 18.0 Å². The third-order valence-electron chi connectivity index (χ3n) is 6.05. The first-order valence-electron chi connectivity index (χ1n) is 11.3. The van der Waals surface area contributed by atoms with Gasteiger partial charge in [0.1, 0.15) is 0 Å². The maximum Gasteiger partial charge on any atom is 0.251 e. The van der Waals surface area contributed by atoms with Gasteiger partial charge >= 0.3 is 0 Å². The number of para-hydroxylation sites is 2. The highest BCUT2D eigenvalue weighted by Crippen LogP contribution is 2.40. The molecule has 0 unspecified atom stereocenters. The normalized spacial score (nSPS) is 17.2. The zero-order valence-corrected chi connectivity index (χ0v) is 19.9. The van der Waals surface area contributed by atoms with Crippen molar-refractivity contribution in [1.29, 1.82) is 0 Å². The zero-order valence-electron chi connectivity index (χ0n) is 19.9.